The fraction of sp³-hybridized carbons (Fsp3) is 0.267. The van der Waals surface area contributed by atoms with Crippen molar-refractivity contribution in [3.05, 3.63) is 40.3 Å². The van der Waals surface area contributed by atoms with Gasteiger partial charge in [-0.25, -0.2) is 4.79 Å². The number of thiocarbonyl (C=S) groups is 1. The van der Waals surface area contributed by atoms with E-state index in [0.29, 0.717) is 4.91 Å². The first kappa shape index (κ1) is 15.7. The van der Waals surface area contributed by atoms with Crippen LogP contribution < -0.4 is 0 Å². The number of hydrogen-bond donors (Lipinski definition) is 1. The van der Waals surface area contributed by atoms with Crippen LogP contribution in [0.3, 0.4) is 0 Å². The molecule has 1 amide bonds. The third-order valence-electron chi connectivity index (χ3n) is 3.25. The van der Waals surface area contributed by atoms with Gasteiger partial charge in [0.15, 0.2) is 0 Å². The van der Waals surface area contributed by atoms with Gasteiger partial charge in [0.25, 0.3) is 5.91 Å². The Morgan fingerprint density at radius 3 is 2.57 bits per heavy atom. The summed E-state index contributed by atoms with van der Waals surface area (Å²) in [4.78, 5) is 24.9. The number of benzene rings is 1. The lowest BCUT2D eigenvalue weighted by Gasteiger charge is -2.18. The van der Waals surface area contributed by atoms with Crippen molar-refractivity contribution < 1.29 is 14.7 Å². The number of amides is 1. The molecule has 21 heavy (non-hydrogen) atoms. The van der Waals surface area contributed by atoms with Crippen molar-refractivity contribution in [3.63, 3.8) is 0 Å². The second-order valence-corrected chi connectivity index (χ2v) is 6.34. The van der Waals surface area contributed by atoms with Crippen LogP contribution in [0, 0.1) is 0 Å². The van der Waals surface area contributed by atoms with E-state index < -0.39 is 12.0 Å². The molecule has 1 saturated heterocycles. The van der Waals surface area contributed by atoms with E-state index in [-0.39, 0.29) is 10.2 Å². The van der Waals surface area contributed by atoms with Gasteiger partial charge in [0.2, 0.25) is 0 Å². The molecule has 110 valence electrons. The van der Waals surface area contributed by atoms with Crippen molar-refractivity contribution >= 4 is 46.3 Å². The second-order valence-electron chi connectivity index (χ2n) is 4.66. The van der Waals surface area contributed by atoms with Gasteiger partial charge in [-0.15, -0.1) is 0 Å². The summed E-state index contributed by atoms with van der Waals surface area (Å²) in [5.74, 6) is -1.42. The van der Waals surface area contributed by atoms with E-state index in [2.05, 4.69) is 6.92 Å². The summed E-state index contributed by atoms with van der Waals surface area (Å²) < 4.78 is 0.284. The summed E-state index contributed by atoms with van der Waals surface area (Å²) in [6, 6.07) is 6.93. The Morgan fingerprint density at radius 2 is 2.05 bits per heavy atom. The Kier molecular flexibility index (Phi) is 4.80. The second kappa shape index (κ2) is 6.41. The van der Waals surface area contributed by atoms with Crippen LogP contribution in [0.25, 0.3) is 6.08 Å². The van der Waals surface area contributed by atoms with Crippen LogP contribution in [0.2, 0.25) is 0 Å². The van der Waals surface area contributed by atoms with E-state index in [0.717, 1.165) is 28.6 Å². The molecule has 0 aromatic heterocycles. The predicted octanol–water partition coefficient (Wildman–Crippen LogP) is 2.92. The maximum absolute atomic E-state index is 12.3. The Bertz CT molecular complexity index is 622. The minimum absolute atomic E-state index is 0.284. The maximum Gasteiger partial charge on any atom is 0.326 e. The molecular weight excluding hydrogens is 306 g/mol. The lowest BCUT2D eigenvalue weighted by atomic mass is 10.1. The van der Waals surface area contributed by atoms with Crippen molar-refractivity contribution in [2.24, 2.45) is 0 Å². The molecule has 1 aliphatic rings. The van der Waals surface area contributed by atoms with E-state index in [1.807, 2.05) is 24.3 Å². The lowest BCUT2D eigenvalue weighted by molar-refractivity contribution is -0.144. The van der Waals surface area contributed by atoms with E-state index >= 15 is 0 Å². The van der Waals surface area contributed by atoms with Crippen molar-refractivity contribution in [3.8, 4) is 0 Å². The average molecular weight is 321 g/mol. The van der Waals surface area contributed by atoms with Crippen LogP contribution in [-0.2, 0) is 16.0 Å². The highest BCUT2D eigenvalue weighted by molar-refractivity contribution is 8.26. The average Bonchev–Trinajstić information content (AvgIpc) is 2.73. The topological polar surface area (TPSA) is 57.6 Å². The van der Waals surface area contributed by atoms with E-state index in [4.69, 9.17) is 17.3 Å². The molecule has 1 fully saturated rings. The van der Waals surface area contributed by atoms with Crippen molar-refractivity contribution in [2.45, 2.75) is 26.3 Å². The minimum Gasteiger partial charge on any atom is -0.480 e. The van der Waals surface area contributed by atoms with E-state index in [9.17, 15) is 9.59 Å². The van der Waals surface area contributed by atoms with Crippen LogP contribution >= 0.6 is 24.0 Å². The zero-order valence-corrected chi connectivity index (χ0v) is 13.3. The predicted molar refractivity (Wildman–Crippen MR) is 87.9 cm³/mol. The first-order valence-corrected chi connectivity index (χ1v) is 7.75. The number of aliphatic carboxylic acids is 1. The zero-order valence-electron chi connectivity index (χ0n) is 11.7. The van der Waals surface area contributed by atoms with E-state index in [1.54, 1.807) is 6.08 Å². The zero-order chi connectivity index (χ0) is 15.6. The van der Waals surface area contributed by atoms with Gasteiger partial charge in [-0.1, -0.05) is 55.2 Å². The molecule has 6 heteroatoms. The summed E-state index contributed by atoms with van der Waals surface area (Å²) in [6.07, 6.45) is 2.70. The number of rotatable bonds is 4. The number of carbonyl (C=O) groups is 2. The quantitative estimate of drug-likeness (QED) is 0.682. The molecular formula is C15H15NO3S2. The Balaban J connectivity index is 2.25. The Morgan fingerprint density at radius 1 is 1.43 bits per heavy atom. The largest absolute Gasteiger partial charge is 0.480 e. The van der Waals surface area contributed by atoms with Gasteiger partial charge in [-0.2, -0.15) is 0 Å². The van der Waals surface area contributed by atoms with E-state index in [1.165, 1.54) is 12.5 Å². The summed E-state index contributed by atoms with van der Waals surface area (Å²) in [6.45, 7) is 3.53. The number of nitrogens with zero attached hydrogens (tertiary/aromatic N) is 1. The minimum atomic E-state index is -1.07. The molecule has 2 rings (SSSR count). The van der Waals surface area contributed by atoms with Crippen LogP contribution in [0.4, 0.5) is 0 Å². The Hall–Kier alpha value is -1.66. The molecule has 1 atom stereocenters. The number of aryl methyl sites for hydroxylation is 1. The molecule has 1 aliphatic heterocycles. The molecule has 1 N–H and O–H groups in total. The van der Waals surface area contributed by atoms with Gasteiger partial charge >= 0.3 is 5.97 Å². The van der Waals surface area contributed by atoms with Gasteiger partial charge in [0.1, 0.15) is 10.4 Å². The normalized spacial score (nSPS) is 18.4. The van der Waals surface area contributed by atoms with Crippen LogP contribution in [0.5, 0.6) is 0 Å². The van der Waals surface area contributed by atoms with Crippen molar-refractivity contribution in [2.75, 3.05) is 0 Å². The standard InChI is InChI=1S/C15H15NO3S2/c1-3-10-4-6-11(7-5-10)8-12-13(17)16(15(20)21-12)9(2)14(18)19/h4-9H,3H2,1-2H3,(H,18,19). The van der Waals surface area contributed by atoms with Gasteiger partial charge in [-0.05, 0) is 30.5 Å². The highest BCUT2D eigenvalue weighted by atomic mass is 32.2. The Labute approximate surface area is 132 Å². The molecule has 1 heterocycles. The SMILES string of the molecule is CCc1ccc(C=C2SC(=S)N(C(C)C(=O)O)C2=O)cc1. The molecule has 4 nitrogen and oxygen atoms in total. The van der Waals surface area contributed by atoms with Gasteiger partial charge < -0.3 is 5.11 Å². The molecule has 1 aromatic carbocycles. The van der Waals surface area contributed by atoms with Crippen LogP contribution in [0.15, 0.2) is 29.2 Å². The van der Waals surface area contributed by atoms with Crippen LogP contribution in [0.1, 0.15) is 25.0 Å². The van der Waals surface area contributed by atoms with Gasteiger partial charge in [0.05, 0.1) is 4.91 Å². The number of hydrogen-bond acceptors (Lipinski definition) is 4. The monoisotopic (exact) mass is 321 g/mol. The highest BCUT2D eigenvalue weighted by Crippen LogP contribution is 2.33. The van der Waals surface area contributed by atoms with Gasteiger partial charge in [-0.3, -0.25) is 9.69 Å². The number of thioether (sulfide) groups is 1. The van der Waals surface area contributed by atoms with Crippen molar-refractivity contribution in [1.29, 1.82) is 0 Å². The first-order valence-electron chi connectivity index (χ1n) is 6.53. The van der Waals surface area contributed by atoms with Crippen molar-refractivity contribution in [1.82, 2.24) is 4.90 Å². The number of carboxylic acids is 1. The summed E-state index contributed by atoms with van der Waals surface area (Å²) in [5.41, 5.74) is 2.12. The van der Waals surface area contributed by atoms with Gasteiger partial charge in [0, 0.05) is 0 Å². The molecule has 0 aliphatic carbocycles. The smallest absolute Gasteiger partial charge is 0.326 e. The third kappa shape index (κ3) is 3.33. The fourth-order valence-corrected chi connectivity index (χ4v) is 3.34. The molecule has 1 unspecified atom stereocenters. The molecule has 0 radical (unpaired) electrons. The third-order valence-corrected chi connectivity index (χ3v) is 4.58. The maximum atomic E-state index is 12.3. The van der Waals surface area contributed by atoms with Crippen LogP contribution in [-0.4, -0.2) is 32.2 Å². The first-order chi connectivity index (χ1) is 9.93. The molecule has 0 bridgehead atoms. The summed E-state index contributed by atoms with van der Waals surface area (Å²) in [7, 11) is 0. The molecule has 0 saturated carbocycles. The highest BCUT2D eigenvalue weighted by Gasteiger charge is 2.38. The molecule has 0 spiro atoms. The molecule has 1 aromatic rings. The fourth-order valence-electron chi connectivity index (χ4n) is 1.93. The lowest BCUT2D eigenvalue weighted by Crippen LogP contribution is -2.41. The summed E-state index contributed by atoms with van der Waals surface area (Å²) in [5, 5.41) is 9.03. The number of carboxylic acid groups (broad SMARTS) is 1. The summed E-state index contributed by atoms with van der Waals surface area (Å²) >= 11 is 6.25. The number of carbonyl (C=O) groups excluding carboxylic acids is 1.